The third kappa shape index (κ3) is 5.27. The number of carbonyl (C=O) groups is 2. The van der Waals surface area contributed by atoms with Crippen LogP contribution in [0.25, 0.3) is 0 Å². The summed E-state index contributed by atoms with van der Waals surface area (Å²) in [4.78, 5) is 24.3. The number of aryl methyl sites for hydroxylation is 1. The zero-order valence-electron chi connectivity index (χ0n) is 14.8. The van der Waals surface area contributed by atoms with Crippen molar-refractivity contribution in [2.45, 2.75) is 13.0 Å². The molecule has 3 aromatic rings. The molecule has 1 aromatic heterocycles. The molecule has 0 radical (unpaired) electrons. The molecule has 0 saturated heterocycles. The third-order valence-electron chi connectivity index (χ3n) is 4.05. The molecule has 0 aliphatic carbocycles. The lowest BCUT2D eigenvalue weighted by Gasteiger charge is -2.08. The Bertz CT molecular complexity index is 951. The maximum Gasteiger partial charge on any atom is 0.255 e. The van der Waals surface area contributed by atoms with Gasteiger partial charge < -0.3 is 10.6 Å². The van der Waals surface area contributed by atoms with Crippen LogP contribution < -0.4 is 10.6 Å². The zero-order chi connectivity index (χ0) is 19.2. The Balaban J connectivity index is 1.53. The number of carbonyl (C=O) groups excluding carboxylic acids is 2. The number of hydrogen-bond donors (Lipinski definition) is 2. The molecular formula is C20H19BrN4O2. The molecule has 3 rings (SSSR count). The highest BCUT2D eigenvalue weighted by atomic mass is 79.9. The molecule has 1 heterocycles. The van der Waals surface area contributed by atoms with Crippen molar-refractivity contribution in [3.8, 4) is 0 Å². The lowest BCUT2D eigenvalue weighted by molar-refractivity contribution is -0.120. The van der Waals surface area contributed by atoms with Crippen LogP contribution in [0.1, 0.15) is 21.6 Å². The first-order valence-corrected chi connectivity index (χ1v) is 9.20. The maximum absolute atomic E-state index is 12.3. The molecule has 0 atom stereocenters. The highest BCUT2D eigenvalue weighted by molar-refractivity contribution is 9.10. The molecule has 7 heteroatoms. The number of halogens is 1. The summed E-state index contributed by atoms with van der Waals surface area (Å²) < 4.78 is 2.57. The minimum Gasteiger partial charge on any atom is -0.350 e. The number of rotatable bonds is 6. The van der Waals surface area contributed by atoms with Crippen molar-refractivity contribution in [2.75, 3.05) is 5.32 Å². The average Bonchev–Trinajstić information content (AvgIpc) is 3.06. The number of nitrogens with one attached hydrogen (secondary N) is 2. The van der Waals surface area contributed by atoms with E-state index in [0.29, 0.717) is 17.8 Å². The van der Waals surface area contributed by atoms with Crippen LogP contribution >= 0.6 is 15.9 Å². The SMILES string of the molecule is Cn1nccc1CNC(=O)Cc1ccc(NC(=O)c2cccc(Br)c2)cc1. The minimum absolute atomic E-state index is 0.0675. The molecule has 0 spiro atoms. The molecule has 0 bridgehead atoms. The maximum atomic E-state index is 12.3. The first-order valence-electron chi connectivity index (χ1n) is 8.41. The normalized spacial score (nSPS) is 10.4. The molecule has 2 aromatic carbocycles. The van der Waals surface area contributed by atoms with Gasteiger partial charge in [0.1, 0.15) is 0 Å². The van der Waals surface area contributed by atoms with Crippen molar-refractivity contribution >= 4 is 33.4 Å². The summed E-state index contributed by atoms with van der Waals surface area (Å²) >= 11 is 3.35. The molecular weight excluding hydrogens is 408 g/mol. The topological polar surface area (TPSA) is 76.0 Å². The number of nitrogens with zero attached hydrogens (tertiary/aromatic N) is 2. The first-order chi connectivity index (χ1) is 13.0. The van der Waals surface area contributed by atoms with E-state index in [9.17, 15) is 9.59 Å². The molecule has 0 aliphatic rings. The summed E-state index contributed by atoms with van der Waals surface area (Å²) in [6.45, 7) is 0.441. The van der Waals surface area contributed by atoms with Crippen molar-refractivity contribution in [1.29, 1.82) is 0 Å². The van der Waals surface area contributed by atoms with E-state index in [0.717, 1.165) is 15.7 Å². The van der Waals surface area contributed by atoms with Crippen LogP contribution in [0, 0.1) is 0 Å². The first kappa shape index (κ1) is 18.8. The van der Waals surface area contributed by atoms with Crippen LogP contribution in [-0.4, -0.2) is 21.6 Å². The van der Waals surface area contributed by atoms with E-state index in [1.807, 2.05) is 37.4 Å². The van der Waals surface area contributed by atoms with Gasteiger partial charge in [0.2, 0.25) is 5.91 Å². The van der Waals surface area contributed by atoms with Gasteiger partial charge in [0, 0.05) is 29.0 Å². The van der Waals surface area contributed by atoms with Crippen LogP contribution in [0.15, 0.2) is 65.3 Å². The fraction of sp³-hybridized carbons (Fsp3) is 0.150. The number of aromatic nitrogens is 2. The highest BCUT2D eigenvalue weighted by Gasteiger charge is 2.08. The average molecular weight is 427 g/mol. The quantitative estimate of drug-likeness (QED) is 0.634. The molecule has 138 valence electrons. The summed E-state index contributed by atoms with van der Waals surface area (Å²) in [5.41, 5.74) is 3.06. The molecule has 0 unspecified atom stereocenters. The van der Waals surface area contributed by atoms with Gasteiger partial charge in [-0.05, 0) is 42.0 Å². The molecule has 2 amide bonds. The van der Waals surface area contributed by atoms with Crippen molar-refractivity contribution in [3.05, 3.63) is 82.1 Å². The molecule has 0 aliphatic heterocycles. The van der Waals surface area contributed by atoms with E-state index >= 15 is 0 Å². The standard InChI is InChI=1S/C20H19BrN4O2/c1-25-18(9-10-23-25)13-22-19(26)11-14-5-7-17(8-6-14)24-20(27)15-3-2-4-16(21)12-15/h2-10,12H,11,13H2,1H3,(H,22,26)(H,24,27). The summed E-state index contributed by atoms with van der Waals surface area (Å²) in [5.74, 6) is -0.250. The Morgan fingerprint density at radius 1 is 1.11 bits per heavy atom. The van der Waals surface area contributed by atoms with E-state index in [1.54, 1.807) is 35.1 Å². The van der Waals surface area contributed by atoms with Crippen molar-refractivity contribution in [3.63, 3.8) is 0 Å². The van der Waals surface area contributed by atoms with Gasteiger partial charge in [-0.25, -0.2) is 0 Å². The second kappa shape index (κ2) is 8.64. The second-order valence-electron chi connectivity index (χ2n) is 6.06. The van der Waals surface area contributed by atoms with Gasteiger partial charge in [0.25, 0.3) is 5.91 Å². The number of amides is 2. The lowest BCUT2D eigenvalue weighted by Crippen LogP contribution is -2.25. The van der Waals surface area contributed by atoms with E-state index < -0.39 is 0 Å². The van der Waals surface area contributed by atoms with E-state index in [4.69, 9.17) is 0 Å². The van der Waals surface area contributed by atoms with Gasteiger partial charge in [0.05, 0.1) is 18.7 Å². The van der Waals surface area contributed by atoms with Crippen LogP contribution in [0.2, 0.25) is 0 Å². The Morgan fingerprint density at radius 3 is 2.56 bits per heavy atom. The van der Waals surface area contributed by atoms with Gasteiger partial charge in [-0.2, -0.15) is 5.10 Å². The van der Waals surface area contributed by atoms with Crippen molar-refractivity contribution < 1.29 is 9.59 Å². The van der Waals surface area contributed by atoms with Gasteiger partial charge >= 0.3 is 0 Å². The van der Waals surface area contributed by atoms with Crippen LogP contribution in [-0.2, 0) is 24.8 Å². The fourth-order valence-corrected chi connectivity index (χ4v) is 2.95. The lowest BCUT2D eigenvalue weighted by atomic mass is 10.1. The van der Waals surface area contributed by atoms with Gasteiger partial charge in [-0.1, -0.05) is 34.1 Å². The summed E-state index contributed by atoms with van der Waals surface area (Å²) in [5, 5.41) is 9.79. The van der Waals surface area contributed by atoms with Crippen molar-refractivity contribution in [2.24, 2.45) is 7.05 Å². The summed E-state index contributed by atoms with van der Waals surface area (Å²) in [6.07, 6.45) is 1.97. The van der Waals surface area contributed by atoms with Crippen LogP contribution in [0.5, 0.6) is 0 Å². The molecule has 6 nitrogen and oxygen atoms in total. The van der Waals surface area contributed by atoms with Crippen LogP contribution in [0.4, 0.5) is 5.69 Å². The molecule has 0 saturated carbocycles. The largest absolute Gasteiger partial charge is 0.350 e. The Hall–Kier alpha value is -2.93. The van der Waals surface area contributed by atoms with Crippen LogP contribution in [0.3, 0.4) is 0 Å². The Labute approximate surface area is 165 Å². The summed E-state index contributed by atoms with van der Waals surface area (Å²) in [7, 11) is 1.84. The molecule has 27 heavy (non-hydrogen) atoms. The predicted molar refractivity (Wildman–Crippen MR) is 107 cm³/mol. The van der Waals surface area contributed by atoms with Gasteiger partial charge in [0.15, 0.2) is 0 Å². The number of hydrogen-bond acceptors (Lipinski definition) is 3. The Morgan fingerprint density at radius 2 is 1.89 bits per heavy atom. The smallest absolute Gasteiger partial charge is 0.255 e. The van der Waals surface area contributed by atoms with E-state index in [1.165, 1.54) is 0 Å². The number of benzene rings is 2. The highest BCUT2D eigenvalue weighted by Crippen LogP contribution is 2.15. The zero-order valence-corrected chi connectivity index (χ0v) is 16.4. The summed E-state index contributed by atoms with van der Waals surface area (Å²) in [6, 6.07) is 16.3. The predicted octanol–water partition coefficient (Wildman–Crippen LogP) is 3.29. The minimum atomic E-state index is -0.182. The molecule has 2 N–H and O–H groups in total. The van der Waals surface area contributed by atoms with E-state index in [2.05, 4.69) is 31.7 Å². The third-order valence-corrected chi connectivity index (χ3v) is 4.55. The fourth-order valence-electron chi connectivity index (χ4n) is 2.55. The number of anilines is 1. The van der Waals surface area contributed by atoms with Gasteiger partial charge in [-0.15, -0.1) is 0 Å². The van der Waals surface area contributed by atoms with E-state index in [-0.39, 0.29) is 18.2 Å². The monoisotopic (exact) mass is 426 g/mol. The Kier molecular flexibility index (Phi) is 6.03. The van der Waals surface area contributed by atoms with Crippen molar-refractivity contribution in [1.82, 2.24) is 15.1 Å². The van der Waals surface area contributed by atoms with Gasteiger partial charge in [-0.3, -0.25) is 14.3 Å². The molecule has 0 fully saturated rings. The second-order valence-corrected chi connectivity index (χ2v) is 6.98.